The van der Waals surface area contributed by atoms with Gasteiger partial charge in [-0.05, 0) is 79.3 Å². The molecule has 0 spiro atoms. The minimum Gasteiger partial charge on any atom is -0.494 e. The molecule has 0 fully saturated rings. The Labute approximate surface area is 323 Å². The number of hydrogen-bond acceptors (Lipinski definition) is 8. The van der Waals surface area contributed by atoms with Gasteiger partial charge in [0.2, 0.25) is 5.90 Å². The minimum absolute atomic E-state index is 0.0210. The molecule has 0 aliphatic carbocycles. The molecule has 0 unspecified atom stereocenters. The molecule has 9 nitrogen and oxygen atoms in total. The maximum absolute atomic E-state index is 14.8. The topological polar surface area (TPSA) is 118 Å². The summed E-state index contributed by atoms with van der Waals surface area (Å²) in [5.41, 5.74) is 9.59. The van der Waals surface area contributed by atoms with E-state index in [0.717, 1.165) is 27.8 Å². The van der Waals surface area contributed by atoms with E-state index in [0.29, 0.717) is 30.9 Å². The first kappa shape index (κ1) is 38.9. The molecule has 284 valence electrons. The summed E-state index contributed by atoms with van der Waals surface area (Å²) < 4.78 is 18.1. The first-order chi connectivity index (χ1) is 26.6. The second-order valence-corrected chi connectivity index (χ2v) is 14.6. The summed E-state index contributed by atoms with van der Waals surface area (Å²) in [7, 11) is 0. The number of aliphatic hydroxyl groups is 1. The van der Waals surface area contributed by atoms with Gasteiger partial charge in [0.05, 0.1) is 6.61 Å². The molecule has 9 heteroatoms. The van der Waals surface area contributed by atoms with Gasteiger partial charge in [-0.25, -0.2) is 10.4 Å². The van der Waals surface area contributed by atoms with Gasteiger partial charge < -0.3 is 19.3 Å². The van der Waals surface area contributed by atoms with E-state index in [1.165, 1.54) is 0 Å². The van der Waals surface area contributed by atoms with Gasteiger partial charge in [0.25, 0.3) is 5.91 Å². The van der Waals surface area contributed by atoms with E-state index >= 15 is 0 Å². The summed E-state index contributed by atoms with van der Waals surface area (Å²) in [5, 5.41) is 9.16. The number of hydrazine groups is 1. The van der Waals surface area contributed by atoms with Crippen molar-refractivity contribution in [1.82, 2.24) is 10.9 Å². The molecule has 0 saturated heterocycles. The van der Waals surface area contributed by atoms with Crippen LogP contribution < -0.4 is 15.6 Å². The highest BCUT2D eigenvalue weighted by Crippen LogP contribution is 2.44. The van der Waals surface area contributed by atoms with Crippen molar-refractivity contribution in [3.05, 3.63) is 162 Å². The van der Waals surface area contributed by atoms with Crippen LogP contribution >= 0.6 is 0 Å². The molecular weight excluding hydrogens is 691 g/mol. The normalized spacial score (nSPS) is 16.6. The molecule has 1 amide bonds. The number of carbonyl (C=O) groups is 2. The fourth-order valence-electron chi connectivity index (χ4n) is 6.68. The van der Waals surface area contributed by atoms with Crippen molar-refractivity contribution >= 4 is 17.8 Å². The fourth-order valence-corrected chi connectivity index (χ4v) is 6.68. The van der Waals surface area contributed by atoms with Crippen LogP contribution in [-0.4, -0.2) is 53.8 Å². The average molecular weight is 740 g/mol. The lowest BCUT2D eigenvalue weighted by molar-refractivity contribution is -0.155. The highest BCUT2D eigenvalue weighted by atomic mass is 16.6. The number of nitrogens with one attached hydrogen (secondary N) is 2. The first-order valence-electron chi connectivity index (χ1n) is 18.8. The Hall–Kier alpha value is -5.77. The average Bonchev–Trinajstić information content (AvgIpc) is 3.60. The smallest absolute Gasteiger partial charge is 0.306 e. The predicted octanol–water partition coefficient (Wildman–Crippen LogP) is 7.95. The van der Waals surface area contributed by atoms with Crippen LogP contribution in [0, 0.1) is 0 Å². The van der Waals surface area contributed by atoms with Crippen LogP contribution in [-0.2, 0) is 19.1 Å². The Morgan fingerprint density at radius 2 is 1.35 bits per heavy atom. The van der Waals surface area contributed by atoms with Crippen LogP contribution in [0.3, 0.4) is 0 Å². The molecular formula is C46H49N3O6. The Morgan fingerprint density at radius 3 is 1.93 bits per heavy atom. The minimum atomic E-state index is -1.56. The van der Waals surface area contributed by atoms with Crippen molar-refractivity contribution in [2.45, 2.75) is 63.2 Å². The number of aliphatic imine (C=N–C) groups is 1. The second-order valence-electron chi connectivity index (χ2n) is 14.6. The van der Waals surface area contributed by atoms with Crippen molar-refractivity contribution in [1.29, 1.82) is 0 Å². The number of rotatable bonds is 16. The van der Waals surface area contributed by atoms with Gasteiger partial charge >= 0.3 is 5.97 Å². The van der Waals surface area contributed by atoms with Gasteiger partial charge in [0.15, 0.2) is 11.6 Å². The van der Waals surface area contributed by atoms with Crippen molar-refractivity contribution < 1.29 is 28.9 Å². The molecule has 1 heterocycles. The van der Waals surface area contributed by atoms with Crippen molar-refractivity contribution in [3.8, 4) is 16.9 Å². The van der Waals surface area contributed by atoms with Crippen LogP contribution in [0.2, 0.25) is 0 Å². The number of nitrogens with zero attached hydrogens (tertiary/aromatic N) is 1. The molecule has 0 bridgehead atoms. The van der Waals surface area contributed by atoms with Crippen LogP contribution in [0.4, 0.5) is 0 Å². The number of ether oxygens (including phenoxy) is 3. The molecule has 5 aromatic rings. The summed E-state index contributed by atoms with van der Waals surface area (Å²) in [4.78, 5) is 33.1. The van der Waals surface area contributed by atoms with E-state index in [1.54, 1.807) is 12.1 Å². The maximum Gasteiger partial charge on any atom is 0.306 e. The fraction of sp³-hybridized carbons (Fsp3) is 0.283. The van der Waals surface area contributed by atoms with Gasteiger partial charge in [-0.2, -0.15) is 0 Å². The molecule has 0 radical (unpaired) electrons. The van der Waals surface area contributed by atoms with Gasteiger partial charge in [-0.3, -0.25) is 15.0 Å². The van der Waals surface area contributed by atoms with E-state index in [2.05, 4.69) is 35.1 Å². The molecule has 5 aromatic carbocycles. The molecule has 1 aliphatic rings. The standard InChI is InChI=1S/C46H49N3O6/c1-45(2,3)55-41(51)28-29-46(44(52)49-47-32-40(35-16-9-5-10-17-35)36-18-11-6-12-19-36)42(37-22-20-34(21-23-37)33-14-7-4-8-15-33)54-43(48-46)38-24-26-39(27-25-38)53-31-13-30-50/h4-12,14-27,40,42,47,50H,13,28-32H2,1-3H3,(H,49,52)/t42-,46-/m0/s1. The SMILES string of the molecule is CC(C)(C)OC(=O)CC[C@]1(C(=O)NNCC(c2ccccc2)c2ccccc2)N=C(c2ccc(OCCCO)cc2)O[C@H]1c1ccc(-c2ccccc2)cc1. The number of hydrogen-bond donors (Lipinski definition) is 3. The van der Waals surface area contributed by atoms with Crippen LogP contribution in [0.15, 0.2) is 145 Å². The maximum atomic E-state index is 14.8. The van der Waals surface area contributed by atoms with Gasteiger partial charge in [0.1, 0.15) is 11.4 Å². The summed E-state index contributed by atoms with van der Waals surface area (Å²) in [6.07, 6.45) is -0.412. The number of benzene rings is 5. The van der Waals surface area contributed by atoms with Crippen molar-refractivity contribution in [3.63, 3.8) is 0 Å². The lowest BCUT2D eigenvalue weighted by Gasteiger charge is -2.31. The number of esters is 1. The van der Waals surface area contributed by atoms with E-state index < -0.39 is 29.1 Å². The van der Waals surface area contributed by atoms with E-state index in [1.807, 2.05) is 124 Å². The second kappa shape index (κ2) is 18.0. The Balaban J connectivity index is 1.35. The highest BCUT2D eigenvalue weighted by molar-refractivity contribution is 6.01. The molecule has 1 aliphatic heterocycles. The number of carbonyl (C=O) groups excluding carboxylic acids is 2. The first-order valence-corrected chi connectivity index (χ1v) is 18.8. The van der Waals surface area contributed by atoms with Gasteiger partial charge in [-0.15, -0.1) is 0 Å². The summed E-state index contributed by atoms with van der Waals surface area (Å²) in [5.74, 6) is -0.0315. The lowest BCUT2D eigenvalue weighted by Crippen LogP contribution is -2.53. The van der Waals surface area contributed by atoms with Crippen LogP contribution in [0.5, 0.6) is 5.75 Å². The third-order valence-corrected chi connectivity index (χ3v) is 9.39. The third-order valence-electron chi connectivity index (χ3n) is 9.39. The Bertz CT molecular complexity index is 1980. The zero-order chi connectivity index (χ0) is 38.7. The quantitative estimate of drug-likeness (QED) is 0.0534. The molecule has 3 N–H and O–H groups in total. The summed E-state index contributed by atoms with van der Waals surface area (Å²) in [6, 6.07) is 45.5. The van der Waals surface area contributed by atoms with E-state index in [4.69, 9.17) is 24.3 Å². The number of aliphatic hydroxyl groups excluding tert-OH is 1. The van der Waals surface area contributed by atoms with Crippen LogP contribution in [0.25, 0.3) is 11.1 Å². The predicted molar refractivity (Wildman–Crippen MR) is 215 cm³/mol. The van der Waals surface area contributed by atoms with E-state index in [-0.39, 0.29) is 31.3 Å². The molecule has 2 atom stereocenters. The van der Waals surface area contributed by atoms with Gasteiger partial charge in [-0.1, -0.05) is 115 Å². The summed E-state index contributed by atoms with van der Waals surface area (Å²) in [6.45, 7) is 6.26. The van der Waals surface area contributed by atoms with E-state index in [9.17, 15) is 9.59 Å². The lowest BCUT2D eigenvalue weighted by atomic mass is 9.83. The molecule has 6 rings (SSSR count). The van der Waals surface area contributed by atoms with Gasteiger partial charge in [0, 0.05) is 37.5 Å². The Morgan fingerprint density at radius 1 is 0.782 bits per heavy atom. The molecule has 0 aromatic heterocycles. The zero-order valence-corrected chi connectivity index (χ0v) is 31.6. The highest BCUT2D eigenvalue weighted by Gasteiger charge is 2.53. The number of amides is 1. The van der Waals surface area contributed by atoms with Crippen LogP contribution in [0.1, 0.15) is 74.3 Å². The monoisotopic (exact) mass is 739 g/mol. The summed E-state index contributed by atoms with van der Waals surface area (Å²) >= 11 is 0. The zero-order valence-electron chi connectivity index (χ0n) is 31.6. The Kier molecular flexibility index (Phi) is 12.8. The van der Waals surface area contributed by atoms with Crippen molar-refractivity contribution in [2.24, 2.45) is 4.99 Å². The van der Waals surface area contributed by atoms with Crippen molar-refractivity contribution in [2.75, 3.05) is 19.8 Å². The molecule has 55 heavy (non-hydrogen) atoms. The molecule has 0 saturated carbocycles. The third kappa shape index (κ3) is 10.1. The largest absolute Gasteiger partial charge is 0.494 e.